The highest BCUT2D eigenvalue weighted by Crippen LogP contribution is 2.35. The van der Waals surface area contributed by atoms with E-state index in [-0.39, 0.29) is 39.2 Å². The highest BCUT2D eigenvalue weighted by Gasteiger charge is 2.17. The predicted octanol–water partition coefficient (Wildman–Crippen LogP) is 5.79. The van der Waals surface area contributed by atoms with Gasteiger partial charge in [0.25, 0.3) is 5.91 Å². The van der Waals surface area contributed by atoms with Crippen molar-refractivity contribution in [2.24, 2.45) is 0 Å². The van der Waals surface area contributed by atoms with E-state index in [0.29, 0.717) is 11.4 Å². The molecule has 0 atom stereocenters. The molecule has 4 N–H and O–H groups in total. The topological polar surface area (TPSA) is 104 Å². The lowest BCUT2D eigenvalue weighted by Gasteiger charge is -2.13. The van der Waals surface area contributed by atoms with Crippen molar-refractivity contribution in [2.75, 3.05) is 5.73 Å². The Morgan fingerprint density at radius 3 is 2.75 bits per heavy atom. The lowest BCUT2D eigenvalue weighted by molar-refractivity contribution is 0.0946. The second-order valence-corrected chi connectivity index (χ2v) is 7.80. The Labute approximate surface area is 192 Å². The molecule has 0 unspecified atom stereocenters. The second-order valence-electron chi connectivity index (χ2n) is 6.95. The average molecular weight is 469 g/mol. The van der Waals surface area contributed by atoms with Crippen molar-refractivity contribution >= 4 is 45.7 Å². The Hall–Kier alpha value is -3.73. The molecule has 1 amide bonds. The number of benzene rings is 3. The molecule has 4 rings (SSSR count). The van der Waals surface area contributed by atoms with Crippen molar-refractivity contribution in [3.05, 3.63) is 87.3 Å². The van der Waals surface area contributed by atoms with Crippen LogP contribution in [0.4, 0.5) is 10.1 Å². The fourth-order valence-corrected chi connectivity index (χ4v) is 3.56. The highest BCUT2D eigenvalue weighted by atomic mass is 35.5. The van der Waals surface area contributed by atoms with Crippen LogP contribution in [0.3, 0.4) is 0 Å². The lowest BCUT2D eigenvalue weighted by atomic mass is 10.2. The number of ether oxygens (including phenoxy) is 1. The van der Waals surface area contributed by atoms with Gasteiger partial charge in [0.1, 0.15) is 11.4 Å². The zero-order chi connectivity index (χ0) is 22.8. The molecule has 3 aromatic carbocycles. The molecule has 160 valence electrons. The van der Waals surface area contributed by atoms with Gasteiger partial charge < -0.3 is 20.8 Å². The molecule has 0 aliphatic rings. The molecule has 0 radical (unpaired) electrons. The predicted molar refractivity (Wildman–Crippen MR) is 122 cm³/mol. The maximum atomic E-state index is 15.1. The number of nitrogens with two attached hydrogens (primary N) is 1. The van der Waals surface area contributed by atoms with Crippen LogP contribution in [-0.4, -0.2) is 10.9 Å². The summed E-state index contributed by atoms with van der Waals surface area (Å²) in [5.74, 6) is -1.22. The Morgan fingerprint density at radius 2 is 1.97 bits per heavy atom. The Morgan fingerprint density at radius 1 is 1.16 bits per heavy atom. The fourth-order valence-electron chi connectivity index (χ4n) is 3.15. The number of rotatable bonds is 5. The smallest absolute Gasteiger partial charge is 0.267 e. The molecule has 1 heterocycles. The maximum absolute atomic E-state index is 15.1. The normalized spacial score (nSPS) is 10.7. The number of carbonyl (C=O) groups is 1. The summed E-state index contributed by atoms with van der Waals surface area (Å²) in [6, 6.07) is 16.1. The van der Waals surface area contributed by atoms with E-state index in [4.69, 9.17) is 38.9 Å². The molecule has 9 heteroatoms. The fraction of sp³-hybridized carbons (Fsp3) is 0.0435. The second kappa shape index (κ2) is 8.79. The first-order chi connectivity index (χ1) is 15.3. The molecule has 0 fully saturated rings. The zero-order valence-electron chi connectivity index (χ0n) is 16.4. The number of aromatic nitrogens is 1. The summed E-state index contributed by atoms with van der Waals surface area (Å²) >= 11 is 12.1. The number of nitrogens with zero attached hydrogens (tertiary/aromatic N) is 1. The number of nitrogens with one attached hydrogen (secondary N) is 2. The molecule has 0 saturated heterocycles. The van der Waals surface area contributed by atoms with Crippen LogP contribution < -0.4 is 15.8 Å². The number of fused-ring (bicyclic) bond motifs is 1. The van der Waals surface area contributed by atoms with Gasteiger partial charge in [0.15, 0.2) is 11.6 Å². The van der Waals surface area contributed by atoms with Crippen LogP contribution in [0, 0.1) is 17.1 Å². The SMILES string of the molecule is N#Cc1cc(Cl)cc(Oc2c(Cl)ccc(CNC(=O)c3cc4cc(N)ccc4[nH]3)c2F)c1. The molecule has 32 heavy (non-hydrogen) atoms. The third kappa shape index (κ3) is 4.47. The number of H-pyrrole nitrogens is 1. The summed E-state index contributed by atoms with van der Waals surface area (Å²) in [4.78, 5) is 15.5. The first-order valence-electron chi connectivity index (χ1n) is 9.36. The number of aromatic amines is 1. The molecule has 0 spiro atoms. The van der Waals surface area contributed by atoms with Crippen LogP contribution >= 0.6 is 23.2 Å². The molecule has 1 aromatic heterocycles. The van der Waals surface area contributed by atoms with Gasteiger partial charge in [-0.05, 0) is 48.5 Å². The minimum absolute atomic E-state index is 0.0317. The number of hydrogen-bond donors (Lipinski definition) is 3. The molecule has 0 aliphatic heterocycles. The van der Waals surface area contributed by atoms with Crippen LogP contribution in [0.5, 0.6) is 11.5 Å². The van der Waals surface area contributed by atoms with Crippen molar-refractivity contribution in [3.63, 3.8) is 0 Å². The third-order valence-corrected chi connectivity index (χ3v) is 5.19. The Balaban J connectivity index is 1.53. The van der Waals surface area contributed by atoms with Crippen molar-refractivity contribution in [2.45, 2.75) is 6.54 Å². The molecular weight excluding hydrogens is 454 g/mol. The number of nitrogen functional groups attached to an aromatic ring is 1. The quantitative estimate of drug-likeness (QED) is 0.322. The van der Waals surface area contributed by atoms with Crippen molar-refractivity contribution < 1.29 is 13.9 Å². The largest absolute Gasteiger partial charge is 0.453 e. The van der Waals surface area contributed by atoms with Gasteiger partial charge in [-0.3, -0.25) is 4.79 Å². The van der Waals surface area contributed by atoms with Crippen LogP contribution in [0.15, 0.2) is 54.6 Å². The molecule has 4 aromatic rings. The zero-order valence-corrected chi connectivity index (χ0v) is 17.9. The first kappa shape index (κ1) is 21.5. The lowest BCUT2D eigenvalue weighted by Crippen LogP contribution is -2.23. The van der Waals surface area contributed by atoms with Gasteiger partial charge in [0.2, 0.25) is 0 Å². The van der Waals surface area contributed by atoms with Crippen LogP contribution in [0.25, 0.3) is 10.9 Å². The van der Waals surface area contributed by atoms with Gasteiger partial charge in [-0.25, -0.2) is 4.39 Å². The van der Waals surface area contributed by atoms with E-state index >= 15 is 4.39 Å². The Kier molecular flexibility index (Phi) is 5.91. The molecular formula is C23H15Cl2FN4O2. The highest BCUT2D eigenvalue weighted by molar-refractivity contribution is 6.32. The van der Waals surface area contributed by atoms with Crippen molar-refractivity contribution in [1.29, 1.82) is 5.26 Å². The van der Waals surface area contributed by atoms with Crippen LogP contribution in [0.1, 0.15) is 21.6 Å². The van der Waals surface area contributed by atoms with Crippen LogP contribution in [0.2, 0.25) is 10.0 Å². The van der Waals surface area contributed by atoms with Gasteiger partial charge in [0.05, 0.1) is 16.7 Å². The summed E-state index contributed by atoms with van der Waals surface area (Å²) < 4.78 is 20.7. The standard InChI is InChI=1S/C23H15Cl2FN4O2/c24-15-5-12(10-27)6-17(9-15)32-22-18(25)3-1-13(21(22)26)11-29-23(31)20-8-14-7-16(28)2-4-19(14)30-20/h1-9,30H,11,28H2,(H,29,31). The van der Waals surface area contributed by atoms with Gasteiger partial charge >= 0.3 is 0 Å². The Bertz CT molecular complexity index is 1400. The van der Waals surface area contributed by atoms with Crippen LogP contribution in [-0.2, 0) is 6.54 Å². The molecule has 0 aliphatic carbocycles. The summed E-state index contributed by atoms with van der Waals surface area (Å²) in [6.45, 7) is -0.102. The third-order valence-electron chi connectivity index (χ3n) is 4.68. The van der Waals surface area contributed by atoms with E-state index in [0.717, 1.165) is 10.9 Å². The van der Waals surface area contributed by atoms with Gasteiger partial charge in [-0.2, -0.15) is 5.26 Å². The number of hydrogen-bond acceptors (Lipinski definition) is 4. The van der Waals surface area contributed by atoms with Crippen molar-refractivity contribution in [1.82, 2.24) is 10.3 Å². The summed E-state index contributed by atoms with van der Waals surface area (Å²) in [5, 5.41) is 12.8. The van der Waals surface area contributed by atoms with E-state index in [9.17, 15) is 4.79 Å². The first-order valence-corrected chi connectivity index (χ1v) is 10.1. The van der Waals surface area contributed by atoms with Crippen molar-refractivity contribution in [3.8, 4) is 17.6 Å². The number of carbonyl (C=O) groups excluding carboxylic acids is 1. The summed E-state index contributed by atoms with van der Waals surface area (Å²) in [5.41, 5.74) is 7.85. The molecule has 0 bridgehead atoms. The number of amides is 1. The maximum Gasteiger partial charge on any atom is 0.267 e. The number of nitriles is 1. The summed E-state index contributed by atoms with van der Waals surface area (Å²) in [7, 11) is 0. The minimum atomic E-state index is -0.735. The van der Waals surface area contributed by atoms with E-state index in [1.807, 2.05) is 6.07 Å². The number of halogens is 3. The minimum Gasteiger partial charge on any atom is -0.453 e. The van der Waals surface area contributed by atoms with Gasteiger partial charge in [-0.15, -0.1) is 0 Å². The summed E-state index contributed by atoms with van der Waals surface area (Å²) in [6.07, 6.45) is 0. The van der Waals surface area contributed by atoms with Gasteiger partial charge in [-0.1, -0.05) is 29.3 Å². The van der Waals surface area contributed by atoms with E-state index in [1.54, 1.807) is 24.3 Å². The van der Waals surface area contributed by atoms with E-state index < -0.39 is 11.7 Å². The van der Waals surface area contributed by atoms with E-state index in [1.165, 1.54) is 30.3 Å². The van der Waals surface area contributed by atoms with Gasteiger partial charge in [0, 0.05) is 33.7 Å². The number of anilines is 1. The monoisotopic (exact) mass is 468 g/mol. The van der Waals surface area contributed by atoms with E-state index in [2.05, 4.69) is 10.3 Å². The molecule has 0 saturated carbocycles. The average Bonchev–Trinajstić information content (AvgIpc) is 3.18. The molecule has 6 nitrogen and oxygen atoms in total.